The van der Waals surface area contributed by atoms with Crippen LogP contribution in [0, 0.1) is 19.3 Å². The van der Waals surface area contributed by atoms with Crippen LogP contribution < -0.4 is 10.1 Å². The third kappa shape index (κ3) is 4.13. The van der Waals surface area contributed by atoms with Crippen LogP contribution in [0.3, 0.4) is 0 Å². The fourth-order valence-electron chi connectivity index (χ4n) is 4.93. The third-order valence-corrected chi connectivity index (χ3v) is 7.49. The number of thioether (sulfide) groups is 1. The molecule has 1 N–H and O–H groups in total. The number of carbonyl (C=O) groups excluding carboxylic acids is 1. The number of nitrogens with zero attached hydrogens (tertiary/aromatic N) is 3. The van der Waals surface area contributed by atoms with Gasteiger partial charge in [0.05, 0.1) is 7.11 Å². The predicted octanol–water partition coefficient (Wildman–Crippen LogP) is 5.85. The van der Waals surface area contributed by atoms with E-state index in [2.05, 4.69) is 51.2 Å². The molecule has 1 aliphatic carbocycles. The number of hydrogen-bond donors (Lipinski definition) is 1. The summed E-state index contributed by atoms with van der Waals surface area (Å²) in [5.41, 5.74) is 6.32. The topological polar surface area (TPSA) is 69.0 Å². The van der Waals surface area contributed by atoms with E-state index in [0.29, 0.717) is 17.5 Å². The molecule has 0 bridgehead atoms. The number of aryl methyl sites for hydroxylation is 2. The number of nitrogens with one attached hydrogen (secondary N) is 1. The zero-order chi connectivity index (χ0) is 24.0. The summed E-state index contributed by atoms with van der Waals surface area (Å²) in [5, 5.41) is 9.02. The fourth-order valence-corrected chi connectivity index (χ4v) is 5.82. The third-order valence-electron chi connectivity index (χ3n) is 6.61. The average Bonchev–Trinajstić information content (AvgIpc) is 3.20. The van der Waals surface area contributed by atoms with Crippen LogP contribution in [0.4, 0.5) is 5.95 Å². The van der Waals surface area contributed by atoms with Gasteiger partial charge >= 0.3 is 0 Å². The smallest absolute Gasteiger partial charge is 0.227 e. The lowest BCUT2D eigenvalue weighted by Gasteiger charge is -2.38. The van der Waals surface area contributed by atoms with Gasteiger partial charge in [0.25, 0.3) is 0 Å². The van der Waals surface area contributed by atoms with Gasteiger partial charge in [0.15, 0.2) is 5.78 Å². The van der Waals surface area contributed by atoms with Crippen LogP contribution in [0.5, 0.6) is 5.75 Å². The Morgan fingerprint density at radius 3 is 2.76 bits per heavy atom. The van der Waals surface area contributed by atoms with Crippen LogP contribution in [0.1, 0.15) is 55.0 Å². The van der Waals surface area contributed by atoms with Crippen LogP contribution in [-0.4, -0.2) is 27.7 Å². The highest BCUT2D eigenvalue weighted by atomic mass is 32.2. The summed E-state index contributed by atoms with van der Waals surface area (Å²) < 4.78 is 7.54. The zero-order valence-electron chi connectivity index (χ0n) is 20.3. The molecule has 0 spiro atoms. The van der Waals surface area contributed by atoms with E-state index in [9.17, 15) is 4.79 Å². The molecule has 0 fully saturated rings. The minimum atomic E-state index is -0.367. The minimum absolute atomic E-state index is 0.100. The van der Waals surface area contributed by atoms with Crippen molar-refractivity contribution in [1.82, 2.24) is 14.8 Å². The Hall–Kier alpha value is -3.06. The summed E-state index contributed by atoms with van der Waals surface area (Å²) in [7, 11) is 1.66. The molecule has 2 aliphatic rings. The molecule has 0 radical (unpaired) electrons. The Labute approximate surface area is 204 Å². The fraction of sp³-hybridized carbons (Fsp3) is 0.370. The molecule has 1 aliphatic heterocycles. The number of para-hydroxylation sites is 1. The molecule has 2 heterocycles. The van der Waals surface area contributed by atoms with E-state index in [1.54, 1.807) is 18.9 Å². The van der Waals surface area contributed by atoms with Gasteiger partial charge in [-0.3, -0.25) is 4.79 Å². The number of allylic oxidation sites excluding steroid dienone is 2. The largest absolute Gasteiger partial charge is 0.496 e. The maximum absolute atomic E-state index is 13.4. The van der Waals surface area contributed by atoms with Crippen LogP contribution in [-0.2, 0) is 10.5 Å². The van der Waals surface area contributed by atoms with Crippen molar-refractivity contribution in [3.63, 3.8) is 0 Å². The molecular formula is C27H30N4O2S. The number of anilines is 1. The van der Waals surface area contributed by atoms with Crippen LogP contribution >= 0.6 is 11.8 Å². The van der Waals surface area contributed by atoms with Gasteiger partial charge in [0.2, 0.25) is 11.1 Å². The van der Waals surface area contributed by atoms with Crippen molar-refractivity contribution in [2.45, 2.75) is 57.5 Å². The molecule has 176 valence electrons. The van der Waals surface area contributed by atoms with Crippen molar-refractivity contribution >= 4 is 23.5 Å². The number of benzene rings is 2. The Morgan fingerprint density at radius 2 is 1.97 bits per heavy atom. The highest BCUT2D eigenvalue weighted by molar-refractivity contribution is 7.98. The van der Waals surface area contributed by atoms with E-state index in [4.69, 9.17) is 14.8 Å². The van der Waals surface area contributed by atoms with Gasteiger partial charge in [-0.15, -0.1) is 5.10 Å². The van der Waals surface area contributed by atoms with Crippen molar-refractivity contribution in [2.75, 3.05) is 12.4 Å². The highest BCUT2D eigenvalue weighted by Gasteiger charge is 2.42. The van der Waals surface area contributed by atoms with E-state index < -0.39 is 0 Å². The Bertz CT molecular complexity index is 1310. The highest BCUT2D eigenvalue weighted by Crippen LogP contribution is 2.47. The van der Waals surface area contributed by atoms with E-state index in [1.165, 1.54) is 16.7 Å². The van der Waals surface area contributed by atoms with Gasteiger partial charge in [0.1, 0.15) is 11.8 Å². The Morgan fingerprint density at radius 1 is 1.18 bits per heavy atom. The normalized spacial score (nSPS) is 18.9. The standard InChI is InChI=1S/C27H30N4O2S/c1-16-10-11-17(2)18(12-16)15-34-26-29-25-28-20-13-27(3,4)14-21(32)23(20)24(31(25)30-26)19-8-6-7-9-22(19)33-5/h6-12,24H,13-15H2,1-5H3,(H,28,29,30). The van der Waals surface area contributed by atoms with Crippen molar-refractivity contribution in [2.24, 2.45) is 5.41 Å². The number of ketones is 1. The molecule has 1 unspecified atom stereocenters. The lowest BCUT2D eigenvalue weighted by Crippen LogP contribution is -2.36. The molecule has 2 aromatic carbocycles. The van der Waals surface area contributed by atoms with E-state index in [-0.39, 0.29) is 17.2 Å². The quantitative estimate of drug-likeness (QED) is 0.468. The van der Waals surface area contributed by atoms with E-state index in [1.807, 2.05) is 28.9 Å². The number of ether oxygens (including phenoxy) is 1. The molecule has 1 aromatic heterocycles. The van der Waals surface area contributed by atoms with Crippen molar-refractivity contribution < 1.29 is 9.53 Å². The first-order valence-electron chi connectivity index (χ1n) is 11.6. The maximum Gasteiger partial charge on any atom is 0.227 e. The molecule has 6 nitrogen and oxygen atoms in total. The molecule has 7 heteroatoms. The number of carbonyl (C=O) groups is 1. The molecule has 1 atom stereocenters. The first-order valence-corrected chi connectivity index (χ1v) is 12.6. The maximum atomic E-state index is 13.4. The number of Topliss-reactive ketones (excluding diaryl/α,β-unsaturated/α-hetero) is 1. The monoisotopic (exact) mass is 474 g/mol. The number of hydrogen-bond acceptors (Lipinski definition) is 6. The molecule has 3 aromatic rings. The average molecular weight is 475 g/mol. The number of fused-ring (bicyclic) bond motifs is 1. The summed E-state index contributed by atoms with van der Waals surface area (Å²) in [6, 6.07) is 14.0. The summed E-state index contributed by atoms with van der Waals surface area (Å²) in [5.74, 6) is 2.35. The SMILES string of the molecule is COc1ccccc1C1C2=C(CC(C)(C)CC2=O)Nc2nc(SCc3cc(C)ccc3C)nn21. The summed E-state index contributed by atoms with van der Waals surface area (Å²) in [4.78, 5) is 18.2. The molecule has 5 rings (SSSR count). The minimum Gasteiger partial charge on any atom is -0.496 e. The van der Waals surface area contributed by atoms with Gasteiger partial charge in [-0.25, -0.2) is 4.68 Å². The van der Waals surface area contributed by atoms with Gasteiger partial charge in [-0.1, -0.05) is 67.6 Å². The number of rotatable bonds is 5. The van der Waals surface area contributed by atoms with Crippen LogP contribution in [0.2, 0.25) is 0 Å². The Kier molecular flexibility index (Phi) is 5.76. The second-order valence-electron chi connectivity index (χ2n) is 9.98. The van der Waals surface area contributed by atoms with Gasteiger partial charge in [-0.2, -0.15) is 4.98 Å². The summed E-state index contributed by atoms with van der Waals surface area (Å²) >= 11 is 1.61. The molecule has 0 amide bonds. The van der Waals surface area contributed by atoms with E-state index >= 15 is 0 Å². The zero-order valence-corrected chi connectivity index (χ0v) is 21.1. The molecular weight excluding hydrogens is 444 g/mol. The second kappa shape index (κ2) is 8.62. The predicted molar refractivity (Wildman–Crippen MR) is 135 cm³/mol. The number of methoxy groups -OCH3 is 1. The van der Waals surface area contributed by atoms with Crippen molar-refractivity contribution in [3.8, 4) is 5.75 Å². The van der Waals surface area contributed by atoms with Gasteiger partial charge in [-0.05, 0) is 42.9 Å². The number of aromatic nitrogens is 3. The summed E-state index contributed by atoms with van der Waals surface area (Å²) in [6.07, 6.45) is 1.30. The van der Waals surface area contributed by atoms with E-state index in [0.717, 1.165) is 34.8 Å². The van der Waals surface area contributed by atoms with Crippen LogP contribution in [0.15, 0.2) is 58.9 Å². The molecule has 34 heavy (non-hydrogen) atoms. The summed E-state index contributed by atoms with van der Waals surface area (Å²) in [6.45, 7) is 8.52. The Balaban J connectivity index is 1.56. The van der Waals surface area contributed by atoms with Crippen molar-refractivity contribution in [1.29, 1.82) is 0 Å². The van der Waals surface area contributed by atoms with Crippen LogP contribution in [0.25, 0.3) is 0 Å². The molecule has 0 saturated carbocycles. The van der Waals surface area contributed by atoms with Gasteiger partial charge in [0, 0.05) is 29.0 Å². The first-order chi connectivity index (χ1) is 16.3. The van der Waals surface area contributed by atoms with Crippen molar-refractivity contribution in [3.05, 3.63) is 76.0 Å². The first kappa shape index (κ1) is 22.7. The lowest BCUT2D eigenvalue weighted by atomic mass is 9.73. The molecule has 0 saturated heterocycles. The second-order valence-corrected chi connectivity index (χ2v) is 10.9. The van der Waals surface area contributed by atoms with Gasteiger partial charge < -0.3 is 10.1 Å². The lowest BCUT2D eigenvalue weighted by molar-refractivity contribution is -0.118.